The molecule has 0 aromatic heterocycles. The van der Waals surface area contributed by atoms with Gasteiger partial charge in [0, 0.05) is 19.6 Å². The first kappa shape index (κ1) is 21.4. The highest BCUT2D eigenvalue weighted by atomic mass is 35.5. The Morgan fingerprint density at radius 2 is 1.67 bits per heavy atom. The molecule has 7 nitrogen and oxygen atoms in total. The van der Waals surface area contributed by atoms with E-state index in [0.29, 0.717) is 19.4 Å². The van der Waals surface area contributed by atoms with Gasteiger partial charge in [-0.2, -0.15) is 4.31 Å². The molecule has 0 radical (unpaired) electrons. The Labute approximate surface area is 185 Å². The van der Waals surface area contributed by atoms with Crippen LogP contribution >= 0.6 is 23.2 Å². The van der Waals surface area contributed by atoms with Crippen molar-refractivity contribution >= 4 is 39.1 Å². The number of nitrogens with one attached hydrogen (secondary N) is 1. The number of halogens is 2. The number of amides is 1. The summed E-state index contributed by atoms with van der Waals surface area (Å²) in [5.74, 6) is -0.340. The van der Waals surface area contributed by atoms with E-state index in [2.05, 4.69) is 5.32 Å². The zero-order chi connectivity index (χ0) is 21.5. The zero-order valence-electron chi connectivity index (χ0n) is 16.0. The lowest BCUT2D eigenvalue weighted by atomic mass is 9.96. The van der Waals surface area contributed by atoms with Gasteiger partial charge < -0.3 is 10.0 Å². The van der Waals surface area contributed by atoms with Crippen LogP contribution in [0.2, 0.25) is 10.0 Å². The molecule has 10 heteroatoms. The predicted octanol–water partition coefficient (Wildman–Crippen LogP) is 2.81. The fourth-order valence-corrected chi connectivity index (χ4v) is 6.17. The number of benzene rings is 2. The molecule has 2 fully saturated rings. The summed E-state index contributed by atoms with van der Waals surface area (Å²) in [7, 11) is -3.84. The van der Waals surface area contributed by atoms with Gasteiger partial charge in [0.05, 0.1) is 27.1 Å². The summed E-state index contributed by atoms with van der Waals surface area (Å²) >= 11 is 11.8. The molecule has 0 saturated carbocycles. The Balaban J connectivity index is 1.53. The first-order valence-electron chi connectivity index (χ1n) is 9.50. The maximum Gasteiger partial charge on any atom is 0.243 e. The Kier molecular flexibility index (Phi) is 5.71. The average Bonchev–Trinajstić information content (AvgIpc) is 3.02. The number of carbonyl (C=O) groups is 1. The van der Waals surface area contributed by atoms with E-state index >= 15 is 0 Å². The maximum absolute atomic E-state index is 13.1. The van der Waals surface area contributed by atoms with Crippen LogP contribution in [0.3, 0.4) is 0 Å². The summed E-state index contributed by atoms with van der Waals surface area (Å²) in [6, 6.07) is 12.1. The number of sulfonamides is 1. The molecule has 2 aromatic rings. The summed E-state index contributed by atoms with van der Waals surface area (Å²) in [6.07, 6.45) is 0.925. The number of aromatic hydroxyl groups is 1. The quantitative estimate of drug-likeness (QED) is 0.718. The minimum atomic E-state index is -3.84. The van der Waals surface area contributed by atoms with Gasteiger partial charge in [-0.05, 0) is 30.5 Å². The van der Waals surface area contributed by atoms with Crippen LogP contribution in [0, 0.1) is 0 Å². The molecule has 2 aromatic carbocycles. The molecule has 2 heterocycles. The molecular formula is C20H21Cl2N3O4S. The van der Waals surface area contributed by atoms with Gasteiger partial charge in [0.15, 0.2) is 5.75 Å². The lowest BCUT2D eigenvalue weighted by molar-refractivity contribution is -0.132. The second-order valence-electron chi connectivity index (χ2n) is 7.49. The van der Waals surface area contributed by atoms with Crippen LogP contribution in [0.5, 0.6) is 5.75 Å². The number of hydrogen-bond acceptors (Lipinski definition) is 5. The molecule has 2 saturated heterocycles. The number of rotatable bonds is 4. The van der Waals surface area contributed by atoms with Crippen molar-refractivity contribution in [2.75, 3.05) is 19.6 Å². The number of hydrogen-bond donors (Lipinski definition) is 2. The van der Waals surface area contributed by atoms with Crippen molar-refractivity contribution < 1.29 is 18.3 Å². The van der Waals surface area contributed by atoms with Crippen LogP contribution in [0.4, 0.5) is 0 Å². The fourth-order valence-electron chi connectivity index (χ4n) is 4.06. The second kappa shape index (κ2) is 8.01. The van der Waals surface area contributed by atoms with Crippen molar-refractivity contribution in [3.8, 4) is 5.75 Å². The molecule has 1 amide bonds. The molecule has 30 heavy (non-hydrogen) atoms. The van der Waals surface area contributed by atoms with Crippen molar-refractivity contribution in [3.63, 3.8) is 0 Å². The van der Waals surface area contributed by atoms with Crippen LogP contribution in [-0.2, 0) is 21.4 Å². The van der Waals surface area contributed by atoms with Crippen molar-refractivity contribution in [1.29, 1.82) is 0 Å². The minimum Gasteiger partial charge on any atom is -0.505 e. The van der Waals surface area contributed by atoms with Crippen LogP contribution in [0.15, 0.2) is 47.4 Å². The first-order valence-corrected chi connectivity index (χ1v) is 11.7. The SMILES string of the molecule is O=C1CNC2(CCN(S(=O)(=O)c3cc(Cl)c(O)c(Cl)c3)CC2)N1Cc1ccccc1. The zero-order valence-corrected chi connectivity index (χ0v) is 18.3. The van der Waals surface area contributed by atoms with Crippen molar-refractivity contribution in [2.45, 2.75) is 29.9 Å². The monoisotopic (exact) mass is 469 g/mol. The van der Waals surface area contributed by atoms with Crippen LogP contribution in [-0.4, -0.2) is 53.9 Å². The van der Waals surface area contributed by atoms with E-state index in [1.165, 1.54) is 16.4 Å². The van der Waals surface area contributed by atoms with Crippen molar-refractivity contribution in [3.05, 3.63) is 58.1 Å². The summed E-state index contributed by atoms with van der Waals surface area (Å²) in [6.45, 7) is 1.19. The highest BCUT2D eigenvalue weighted by Crippen LogP contribution is 2.37. The fraction of sp³-hybridized carbons (Fsp3) is 0.350. The van der Waals surface area contributed by atoms with E-state index in [1.807, 2.05) is 35.2 Å². The number of nitrogens with zero attached hydrogens (tertiary/aromatic N) is 2. The van der Waals surface area contributed by atoms with Gasteiger partial charge >= 0.3 is 0 Å². The van der Waals surface area contributed by atoms with Crippen LogP contribution in [0.25, 0.3) is 0 Å². The molecule has 0 unspecified atom stereocenters. The number of piperidine rings is 1. The summed E-state index contributed by atoms with van der Waals surface area (Å²) in [4.78, 5) is 14.3. The van der Waals surface area contributed by atoms with E-state index < -0.39 is 15.7 Å². The summed E-state index contributed by atoms with van der Waals surface area (Å²) in [5, 5.41) is 12.8. The number of phenols is 1. The smallest absolute Gasteiger partial charge is 0.243 e. The van der Waals surface area contributed by atoms with E-state index in [9.17, 15) is 18.3 Å². The predicted molar refractivity (Wildman–Crippen MR) is 114 cm³/mol. The third-order valence-electron chi connectivity index (χ3n) is 5.75. The van der Waals surface area contributed by atoms with Gasteiger partial charge in [-0.25, -0.2) is 8.42 Å². The van der Waals surface area contributed by atoms with E-state index in [0.717, 1.165) is 5.56 Å². The van der Waals surface area contributed by atoms with Crippen LogP contribution < -0.4 is 5.32 Å². The summed E-state index contributed by atoms with van der Waals surface area (Å²) < 4.78 is 27.5. The largest absolute Gasteiger partial charge is 0.505 e. The lowest BCUT2D eigenvalue weighted by Gasteiger charge is -2.44. The molecule has 1 spiro atoms. The Bertz CT molecular complexity index is 1050. The average molecular weight is 470 g/mol. The first-order chi connectivity index (χ1) is 14.2. The molecule has 0 bridgehead atoms. The molecular weight excluding hydrogens is 449 g/mol. The highest BCUT2D eigenvalue weighted by Gasteiger charge is 2.48. The van der Waals surface area contributed by atoms with Crippen LogP contribution in [0.1, 0.15) is 18.4 Å². The molecule has 2 aliphatic heterocycles. The second-order valence-corrected chi connectivity index (χ2v) is 10.2. The highest BCUT2D eigenvalue weighted by molar-refractivity contribution is 7.89. The van der Waals surface area contributed by atoms with E-state index in [1.54, 1.807) is 0 Å². The molecule has 2 N–H and O–H groups in total. The number of carbonyl (C=O) groups excluding carboxylic acids is 1. The topological polar surface area (TPSA) is 90.0 Å². The Morgan fingerprint density at radius 3 is 2.27 bits per heavy atom. The van der Waals surface area contributed by atoms with Crippen molar-refractivity contribution in [1.82, 2.24) is 14.5 Å². The van der Waals surface area contributed by atoms with Gasteiger partial charge in [0.2, 0.25) is 15.9 Å². The lowest BCUT2D eigenvalue weighted by Crippen LogP contribution is -2.58. The molecule has 0 atom stereocenters. The summed E-state index contributed by atoms with van der Waals surface area (Å²) in [5.41, 5.74) is 0.459. The van der Waals surface area contributed by atoms with Gasteiger partial charge in [-0.1, -0.05) is 53.5 Å². The third kappa shape index (κ3) is 3.78. The van der Waals surface area contributed by atoms with Gasteiger partial charge in [0.1, 0.15) is 0 Å². The van der Waals surface area contributed by atoms with E-state index in [4.69, 9.17) is 23.2 Å². The molecule has 4 rings (SSSR count). The Morgan fingerprint density at radius 1 is 1.07 bits per heavy atom. The van der Waals surface area contributed by atoms with Gasteiger partial charge in [-0.15, -0.1) is 0 Å². The van der Waals surface area contributed by atoms with Gasteiger partial charge in [-0.3, -0.25) is 10.1 Å². The number of phenolic OH excluding ortho intramolecular Hbond substituents is 1. The Hall–Kier alpha value is -1.84. The molecule has 0 aliphatic carbocycles. The standard InChI is InChI=1S/C20H21Cl2N3O4S/c21-16-10-15(11-17(22)19(16)27)30(28,29)24-8-6-20(7-9-24)23-12-18(26)25(20)13-14-4-2-1-3-5-14/h1-5,10-11,23,27H,6-9,12-13H2. The molecule has 2 aliphatic rings. The third-order valence-corrected chi connectivity index (χ3v) is 8.20. The van der Waals surface area contributed by atoms with E-state index in [-0.39, 0.29) is 46.2 Å². The maximum atomic E-state index is 13.1. The normalized spacial score (nSPS) is 19.5. The molecule has 160 valence electrons. The van der Waals surface area contributed by atoms with Gasteiger partial charge in [0.25, 0.3) is 0 Å². The van der Waals surface area contributed by atoms with Crippen molar-refractivity contribution in [2.24, 2.45) is 0 Å². The minimum absolute atomic E-state index is 0.00672.